The van der Waals surface area contributed by atoms with Crippen molar-refractivity contribution in [2.24, 2.45) is 34.6 Å². The number of H-pyrrole nitrogens is 1. The molecule has 2 aromatic heterocycles. The zero-order valence-electron chi connectivity index (χ0n) is 33.0. The van der Waals surface area contributed by atoms with Crippen LogP contribution >= 0.6 is 0 Å². The predicted molar refractivity (Wildman–Crippen MR) is 217 cm³/mol. The first-order valence-corrected chi connectivity index (χ1v) is 20.1. The van der Waals surface area contributed by atoms with Crippen molar-refractivity contribution in [1.29, 1.82) is 0 Å². The molecule has 3 fully saturated rings. The van der Waals surface area contributed by atoms with Gasteiger partial charge >= 0.3 is 6.09 Å². The Morgan fingerprint density at radius 3 is 2.32 bits per heavy atom. The zero-order chi connectivity index (χ0) is 39.6. The summed E-state index contributed by atoms with van der Waals surface area (Å²) in [6.45, 7) is 4.68. The number of alkyl carbamates (subject to hydrolysis) is 1. The number of amides is 3. The predicted octanol–water partition coefficient (Wildman–Crippen LogP) is 6.97. The van der Waals surface area contributed by atoms with E-state index in [2.05, 4.69) is 69.1 Å². The van der Waals surface area contributed by atoms with Crippen molar-refractivity contribution in [2.75, 3.05) is 20.8 Å². The summed E-state index contributed by atoms with van der Waals surface area (Å²) in [6.07, 6.45) is 11.3. The van der Waals surface area contributed by atoms with Crippen LogP contribution in [-0.4, -0.2) is 76.4 Å². The van der Waals surface area contributed by atoms with Crippen LogP contribution in [0.15, 0.2) is 90.4 Å². The van der Waals surface area contributed by atoms with Gasteiger partial charge in [0.15, 0.2) is 0 Å². The number of benzene rings is 2. The van der Waals surface area contributed by atoms with Crippen LogP contribution < -0.4 is 10.6 Å². The number of rotatable bonds is 12. The summed E-state index contributed by atoms with van der Waals surface area (Å²) in [7, 11) is 2.93. The number of allylic oxidation sites excluding steroid dienone is 1. The van der Waals surface area contributed by atoms with Crippen molar-refractivity contribution in [3.8, 4) is 22.4 Å². The topological polar surface area (TPSA) is 151 Å². The average molecular weight is 770 g/mol. The molecule has 0 radical (unpaired) electrons. The molecule has 12 heteroatoms. The van der Waals surface area contributed by atoms with Gasteiger partial charge in [0.1, 0.15) is 11.9 Å². The molecule has 7 atom stereocenters. The molecule has 1 saturated heterocycles. The minimum Gasteiger partial charge on any atom is -0.453 e. The third kappa shape index (κ3) is 7.87. The SMILES string of the molecule is COC(=O)N[C@H](C(=O)N1C[C@@H](OC)C[C@H]1c1ncc(-c2ccc(-c3ccc(C4=CN=C([C@H]5C6CCC(C6)[C@@H]5C(=O)NCc5cccnc5)C4)cc3)cc2)[nH]1)C(C)C. The first-order chi connectivity index (χ1) is 27.7. The number of aromatic amines is 1. The Labute approximate surface area is 333 Å². The lowest BCUT2D eigenvalue weighted by atomic mass is 9.75. The van der Waals surface area contributed by atoms with Crippen LogP contribution in [0, 0.1) is 29.6 Å². The highest BCUT2D eigenvalue weighted by Crippen LogP contribution is 2.54. The summed E-state index contributed by atoms with van der Waals surface area (Å²) in [4.78, 5) is 58.4. The van der Waals surface area contributed by atoms with Gasteiger partial charge in [0, 0.05) is 69.2 Å². The van der Waals surface area contributed by atoms with Crippen LogP contribution in [0.5, 0.6) is 0 Å². The molecule has 3 N–H and O–H groups in total. The Balaban J connectivity index is 0.901. The molecule has 2 aromatic carbocycles. The molecule has 12 nitrogen and oxygen atoms in total. The fourth-order valence-corrected chi connectivity index (χ4v) is 9.51. The maximum atomic E-state index is 13.7. The second-order valence-electron chi connectivity index (χ2n) is 16.2. The molecule has 3 amide bonds. The number of nitrogens with one attached hydrogen (secondary N) is 3. The van der Waals surface area contributed by atoms with E-state index in [1.54, 1.807) is 30.6 Å². The first-order valence-electron chi connectivity index (χ1n) is 20.1. The van der Waals surface area contributed by atoms with E-state index in [9.17, 15) is 14.4 Å². The van der Waals surface area contributed by atoms with E-state index < -0.39 is 12.1 Å². The Bertz CT molecular complexity index is 2150. The van der Waals surface area contributed by atoms with Gasteiger partial charge in [-0.2, -0.15) is 0 Å². The molecule has 8 rings (SSSR count). The van der Waals surface area contributed by atoms with Crippen molar-refractivity contribution in [3.05, 3.63) is 102 Å². The Morgan fingerprint density at radius 2 is 1.63 bits per heavy atom. The molecule has 296 valence electrons. The van der Waals surface area contributed by atoms with Gasteiger partial charge in [0.25, 0.3) is 0 Å². The summed E-state index contributed by atoms with van der Waals surface area (Å²) in [5.41, 5.74) is 8.54. The molecule has 2 unspecified atom stereocenters. The van der Waals surface area contributed by atoms with E-state index in [0.29, 0.717) is 37.2 Å². The number of likely N-dealkylation sites (tertiary alicyclic amines) is 1. The maximum absolute atomic E-state index is 13.7. The fourth-order valence-electron chi connectivity index (χ4n) is 9.51. The highest BCUT2D eigenvalue weighted by Gasteiger charge is 2.52. The monoisotopic (exact) mass is 769 g/mol. The zero-order valence-corrected chi connectivity index (χ0v) is 33.0. The van der Waals surface area contributed by atoms with Crippen LogP contribution in [0.25, 0.3) is 28.0 Å². The Morgan fingerprint density at radius 1 is 0.912 bits per heavy atom. The lowest BCUT2D eigenvalue weighted by molar-refractivity contribution is -0.136. The number of hydrogen-bond acceptors (Lipinski definition) is 8. The molecule has 2 saturated carbocycles. The maximum Gasteiger partial charge on any atom is 0.407 e. The van der Waals surface area contributed by atoms with Gasteiger partial charge in [0.2, 0.25) is 11.8 Å². The number of methoxy groups -OCH3 is 2. The number of pyridine rings is 1. The van der Waals surface area contributed by atoms with E-state index >= 15 is 0 Å². The van der Waals surface area contributed by atoms with Gasteiger partial charge in [-0.1, -0.05) is 68.4 Å². The average Bonchev–Trinajstić information content (AvgIpc) is 4.10. The van der Waals surface area contributed by atoms with Crippen LogP contribution in [-0.2, 0) is 25.6 Å². The van der Waals surface area contributed by atoms with Crippen LogP contribution in [0.4, 0.5) is 4.79 Å². The number of aliphatic imine (C=N–C) groups is 1. The normalized spacial score (nSPS) is 24.3. The lowest BCUT2D eigenvalue weighted by Gasteiger charge is -2.30. The van der Waals surface area contributed by atoms with Gasteiger partial charge in [-0.05, 0) is 76.5 Å². The van der Waals surface area contributed by atoms with Crippen LogP contribution in [0.3, 0.4) is 0 Å². The van der Waals surface area contributed by atoms with E-state index in [1.165, 1.54) is 19.1 Å². The molecule has 57 heavy (non-hydrogen) atoms. The second-order valence-corrected chi connectivity index (χ2v) is 16.2. The number of nitrogens with zero attached hydrogens (tertiary/aromatic N) is 4. The third-order valence-corrected chi connectivity index (χ3v) is 12.5. The molecule has 2 aliphatic heterocycles. The number of fused-ring (bicyclic) bond motifs is 2. The molecule has 4 aromatic rings. The first kappa shape index (κ1) is 38.3. The Kier molecular flexibility index (Phi) is 11.1. The smallest absolute Gasteiger partial charge is 0.407 e. The minimum absolute atomic E-state index is 0.0189. The van der Waals surface area contributed by atoms with Crippen molar-refractivity contribution in [2.45, 2.75) is 70.7 Å². The Hall–Kier alpha value is -5.62. The molecule has 4 aliphatic rings. The summed E-state index contributed by atoms with van der Waals surface area (Å²) in [6, 6.07) is 19.8. The standard InChI is InChI=1S/C45H51N7O5/c1-26(2)41(51-45(55)57-4)44(54)52-25-35(56-3)20-38(52)42-48-24-37(50-42)31-13-11-29(12-14-31)28-7-9-30(10-8-28)34-19-36(47-23-34)39-32-15-16-33(18-32)40(39)43(53)49-22-27-6-5-17-46-21-27/h5-14,17,21,23-24,26,32-33,35,38-41H,15-16,18-20,22,25H2,1-4H3,(H,48,50)(H,49,53)(H,51,55)/t32?,33?,35-,38-,39+,40-,41-/m0/s1. The second kappa shape index (κ2) is 16.5. The van der Waals surface area contributed by atoms with Crippen molar-refractivity contribution < 1.29 is 23.9 Å². The summed E-state index contributed by atoms with van der Waals surface area (Å²) < 4.78 is 10.4. The molecular weight excluding hydrogens is 719 g/mol. The van der Waals surface area contributed by atoms with Crippen molar-refractivity contribution in [1.82, 2.24) is 30.5 Å². The molecule has 2 aliphatic carbocycles. The largest absolute Gasteiger partial charge is 0.453 e. The van der Waals surface area contributed by atoms with E-state index in [0.717, 1.165) is 58.5 Å². The van der Waals surface area contributed by atoms with E-state index in [-0.39, 0.29) is 41.7 Å². The fraction of sp³-hybridized carbons (Fsp3) is 0.422. The third-order valence-electron chi connectivity index (χ3n) is 12.5. The van der Waals surface area contributed by atoms with Gasteiger partial charge in [-0.25, -0.2) is 9.78 Å². The van der Waals surface area contributed by atoms with Crippen LogP contribution in [0.1, 0.15) is 68.9 Å². The number of imidazole rings is 1. The highest BCUT2D eigenvalue weighted by molar-refractivity contribution is 6.02. The van der Waals surface area contributed by atoms with Gasteiger partial charge in [0.05, 0.1) is 31.1 Å². The number of carbonyl (C=O) groups excluding carboxylic acids is 3. The molecule has 4 heterocycles. The molecule has 2 bridgehead atoms. The quantitative estimate of drug-likeness (QED) is 0.141. The van der Waals surface area contributed by atoms with E-state index in [1.807, 2.05) is 32.2 Å². The number of hydrogen-bond donors (Lipinski definition) is 3. The molecular formula is C45H51N7O5. The van der Waals surface area contributed by atoms with Crippen molar-refractivity contribution >= 4 is 29.2 Å². The van der Waals surface area contributed by atoms with Crippen molar-refractivity contribution in [3.63, 3.8) is 0 Å². The summed E-state index contributed by atoms with van der Waals surface area (Å²) in [5.74, 6) is 1.62. The molecule has 0 spiro atoms. The van der Waals surface area contributed by atoms with Gasteiger partial charge < -0.3 is 30.0 Å². The summed E-state index contributed by atoms with van der Waals surface area (Å²) >= 11 is 0. The van der Waals surface area contributed by atoms with Crippen LogP contribution in [0.2, 0.25) is 0 Å². The number of carbonyl (C=O) groups is 3. The van der Waals surface area contributed by atoms with Gasteiger partial charge in [-0.15, -0.1) is 0 Å². The lowest BCUT2D eigenvalue weighted by Crippen LogP contribution is -2.51. The van der Waals surface area contributed by atoms with E-state index in [4.69, 9.17) is 19.5 Å². The van der Waals surface area contributed by atoms with Gasteiger partial charge in [-0.3, -0.25) is 19.6 Å². The highest BCUT2D eigenvalue weighted by atomic mass is 16.5. The number of ether oxygens (including phenoxy) is 2. The minimum atomic E-state index is -0.740. The summed E-state index contributed by atoms with van der Waals surface area (Å²) in [5, 5.41) is 5.90. The number of aromatic nitrogens is 3.